The highest BCUT2D eigenvalue weighted by atomic mass is 14.7. The lowest BCUT2D eigenvalue weighted by molar-refractivity contribution is 0.213. The van der Waals surface area contributed by atoms with Crippen LogP contribution in [0.3, 0.4) is 0 Å². The number of hydrogen-bond donors (Lipinski definition) is 0. The Labute approximate surface area is 145 Å². The van der Waals surface area contributed by atoms with E-state index in [1.807, 2.05) is 0 Å². The lowest BCUT2D eigenvalue weighted by atomic mass is 9.73. The van der Waals surface area contributed by atoms with E-state index >= 15 is 0 Å². The number of pyridine rings is 1. The molecular formula is C22H39N. The van der Waals surface area contributed by atoms with Crippen LogP contribution in [-0.4, -0.2) is 4.98 Å². The molecule has 1 atom stereocenters. The summed E-state index contributed by atoms with van der Waals surface area (Å²) in [5, 5.41) is 0. The minimum Gasteiger partial charge on any atom is -0.257 e. The normalized spacial score (nSPS) is 15.1. The molecule has 0 aliphatic carbocycles. The lowest BCUT2D eigenvalue weighted by Crippen LogP contribution is -2.27. The third-order valence-electron chi connectivity index (χ3n) is 5.34. The van der Waals surface area contributed by atoms with Gasteiger partial charge in [0.25, 0.3) is 0 Å². The Morgan fingerprint density at radius 2 is 1.48 bits per heavy atom. The third kappa shape index (κ3) is 5.94. The molecule has 0 aliphatic heterocycles. The third-order valence-corrected chi connectivity index (χ3v) is 5.34. The summed E-state index contributed by atoms with van der Waals surface area (Å²) in [6, 6.07) is 6.61. The molecule has 1 aromatic rings. The van der Waals surface area contributed by atoms with Gasteiger partial charge < -0.3 is 0 Å². The van der Waals surface area contributed by atoms with Gasteiger partial charge in [0.2, 0.25) is 0 Å². The molecule has 132 valence electrons. The van der Waals surface area contributed by atoms with Crippen molar-refractivity contribution in [2.45, 2.75) is 93.4 Å². The van der Waals surface area contributed by atoms with Crippen LogP contribution in [0.25, 0.3) is 0 Å². The zero-order valence-corrected chi connectivity index (χ0v) is 17.2. The van der Waals surface area contributed by atoms with E-state index in [1.165, 1.54) is 17.8 Å². The zero-order valence-electron chi connectivity index (χ0n) is 17.2. The SMILES string of the molecule is CC(CC(C)(C)C(C)C)c1cccc(C(C)(C)CC(C)(C)C)n1. The van der Waals surface area contributed by atoms with Crippen molar-refractivity contribution in [1.82, 2.24) is 4.98 Å². The first kappa shape index (κ1) is 20.2. The highest BCUT2D eigenvalue weighted by Gasteiger charge is 2.30. The smallest absolute Gasteiger partial charge is 0.0463 e. The van der Waals surface area contributed by atoms with E-state index in [1.54, 1.807) is 0 Å². The van der Waals surface area contributed by atoms with Gasteiger partial charge in [0.05, 0.1) is 0 Å². The summed E-state index contributed by atoms with van der Waals surface area (Å²) in [6.07, 6.45) is 2.32. The van der Waals surface area contributed by atoms with Gasteiger partial charge in [-0.3, -0.25) is 4.98 Å². The summed E-state index contributed by atoms with van der Waals surface area (Å²) in [4.78, 5) is 5.07. The standard InChI is InChI=1S/C22H39N/c1-16(2)21(7,8)14-17(3)18-12-11-13-19(23-18)22(9,10)15-20(4,5)6/h11-13,16-17H,14-15H2,1-10H3. The van der Waals surface area contributed by atoms with Crippen LogP contribution in [0.4, 0.5) is 0 Å². The molecule has 0 saturated heterocycles. The molecule has 0 fully saturated rings. The summed E-state index contributed by atoms with van der Waals surface area (Å²) in [6.45, 7) is 23.3. The molecule has 0 aliphatic rings. The molecule has 0 bridgehead atoms. The van der Waals surface area contributed by atoms with Crippen LogP contribution >= 0.6 is 0 Å². The van der Waals surface area contributed by atoms with Crippen LogP contribution in [0.15, 0.2) is 18.2 Å². The van der Waals surface area contributed by atoms with Gasteiger partial charge in [-0.05, 0) is 47.6 Å². The molecule has 0 amide bonds. The van der Waals surface area contributed by atoms with Crippen LogP contribution < -0.4 is 0 Å². The fourth-order valence-electron chi connectivity index (χ4n) is 3.65. The first-order valence-electron chi connectivity index (χ1n) is 9.22. The Hall–Kier alpha value is -0.850. The molecular weight excluding hydrogens is 278 g/mol. The largest absolute Gasteiger partial charge is 0.257 e. The van der Waals surface area contributed by atoms with E-state index < -0.39 is 0 Å². The average molecular weight is 318 g/mol. The first-order chi connectivity index (χ1) is 10.2. The van der Waals surface area contributed by atoms with Gasteiger partial charge in [-0.1, -0.05) is 75.3 Å². The van der Waals surface area contributed by atoms with Crippen molar-refractivity contribution in [1.29, 1.82) is 0 Å². The van der Waals surface area contributed by atoms with Gasteiger partial charge in [-0.15, -0.1) is 0 Å². The predicted octanol–water partition coefficient (Wildman–Crippen LogP) is 6.97. The Morgan fingerprint density at radius 1 is 0.913 bits per heavy atom. The number of aromatic nitrogens is 1. The van der Waals surface area contributed by atoms with Crippen molar-refractivity contribution in [3.05, 3.63) is 29.6 Å². The minimum absolute atomic E-state index is 0.113. The van der Waals surface area contributed by atoms with Crippen molar-refractivity contribution in [2.75, 3.05) is 0 Å². The van der Waals surface area contributed by atoms with Gasteiger partial charge in [-0.2, -0.15) is 0 Å². The van der Waals surface area contributed by atoms with Crippen molar-refractivity contribution in [3.63, 3.8) is 0 Å². The first-order valence-corrected chi connectivity index (χ1v) is 9.22. The molecule has 1 rings (SSSR count). The van der Waals surface area contributed by atoms with Crippen molar-refractivity contribution < 1.29 is 0 Å². The number of rotatable bonds is 6. The molecule has 0 spiro atoms. The summed E-state index contributed by atoms with van der Waals surface area (Å²) in [7, 11) is 0. The maximum Gasteiger partial charge on any atom is 0.0463 e. The van der Waals surface area contributed by atoms with Crippen LogP contribution in [0.5, 0.6) is 0 Å². The van der Waals surface area contributed by atoms with Crippen molar-refractivity contribution in [2.24, 2.45) is 16.7 Å². The molecule has 1 heterocycles. The lowest BCUT2D eigenvalue weighted by Gasteiger charge is -2.34. The Bertz CT molecular complexity index is 503. The summed E-state index contributed by atoms with van der Waals surface area (Å²) >= 11 is 0. The molecule has 1 heteroatoms. The van der Waals surface area contributed by atoms with Crippen LogP contribution in [0, 0.1) is 16.7 Å². The second-order valence-electron chi connectivity index (χ2n) is 10.3. The monoisotopic (exact) mass is 317 g/mol. The molecule has 1 nitrogen and oxygen atoms in total. The van der Waals surface area contributed by atoms with Gasteiger partial charge in [0.15, 0.2) is 0 Å². The highest BCUT2D eigenvalue weighted by Crippen LogP contribution is 2.38. The highest BCUT2D eigenvalue weighted by molar-refractivity contribution is 5.21. The summed E-state index contributed by atoms with van der Waals surface area (Å²) < 4.78 is 0. The maximum absolute atomic E-state index is 5.07. The number of nitrogens with zero attached hydrogens (tertiary/aromatic N) is 1. The quantitative estimate of drug-likeness (QED) is 0.552. The van der Waals surface area contributed by atoms with Crippen LogP contribution in [-0.2, 0) is 5.41 Å². The molecule has 0 N–H and O–H groups in total. The topological polar surface area (TPSA) is 12.9 Å². The average Bonchev–Trinajstić information content (AvgIpc) is 2.35. The maximum atomic E-state index is 5.07. The van der Waals surface area contributed by atoms with E-state index in [0.29, 0.717) is 22.7 Å². The molecule has 0 saturated carbocycles. The van der Waals surface area contributed by atoms with E-state index in [2.05, 4.69) is 87.4 Å². The zero-order chi connectivity index (χ0) is 18.1. The Morgan fingerprint density at radius 3 is 1.96 bits per heavy atom. The second-order valence-corrected chi connectivity index (χ2v) is 10.3. The Kier molecular flexibility index (Phi) is 6.10. The van der Waals surface area contributed by atoms with E-state index in [0.717, 1.165) is 6.42 Å². The van der Waals surface area contributed by atoms with Crippen LogP contribution in [0.1, 0.15) is 99.4 Å². The fourth-order valence-corrected chi connectivity index (χ4v) is 3.65. The van der Waals surface area contributed by atoms with E-state index in [-0.39, 0.29) is 5.41 Å². The summed E-state index contributed by atoms with van der Waals surface area (Å²) in [5.74, 6) is 1.18. The van der Waals surface area contributed by atoms with Crippen molar-refractivity contribution >= 4 is 0 Å². The molecule has 0 radical (unpaired) electrons. The van der Waals surface area contributed by atoms with Crippen molar-refractivity contribution in [3.8, 4) is 0 Å². The van der Waals surface area contributed by atoms with Crippen LogP contribution in [0.2, 0.25) is 0 Å². The van der Waals surface area contributed by atoms with Gasteiger partial charge in [-0.25, -0.2) is 0 Å². The molecule has 1 unspecified atom stereocenters. The van der Waals surface area contributed by atoms with Gasteiger partial charge >= 0.3 is 0 Å². The summed E-state index contributed by atoms with van der Waals surface area (Å²) in [5.41, 5.74) is 3.25. The molecule has 1 aromatic heterocycles. The Balaban J connectivity index is 3.01. The van der Waals surface area contributed by atoms with Gasteiger partial charge in [0, 0.05) is 16.8 Å². The number of hydrogen-bond acceptors (Lipinski definition) is 1. The second kappa shape index (κ2) is 6.95. The molecule has 23 heavy (non-hydrogen) atoms. The minimum atomic E-state index is 0.113. The van der Waals surface area contributed by atoms with E-state index in [4.69, 9.17) is 4.98 Å². The van der Waals surface area contributed by atoms with E-state index in [9.17, 15) is 0 Å². The predicted molar refractivity (Wildman–Crippen MR) is 103 cm³/mol. The molecule has 0 aromatic carbocycles. The fraction of sp³-hybridized carbons (Fsp3) is 0.773. The van der Waals surface area contributed by atoms with Gasteiger partial charge in [0.1, 0.15) is 0 Å².